The maximum absolute atomic E-state index is 6.05. The highest BCUT2D eigenvalue weighted by atomic mass is 35.5. The van der Waals surface area contributed by atoms with Crippen LogP contribution in [0, 0.1) is 0 Å². The fourth-order valence-electron chi connectivity index (χ4n) is 1.51. The van der Waals surface area contributed by atoms with Gasteiger partial charge in [-0.05, 0) is 24.5 Å². The van der Waals surface area contributed by atoms with Crippen molar-refractivity contribution in [2.75, 3.05) is 0 Å². The van der Waals surface area contributed by atoms with Gasteiger partial charge in [-0.25, -0.2) is 0 Å². The molecule has 0 aliphatic carbocycles. The molecule has 1 nitrogen and oxygen atoms in total. The van der Waals surface area contributed by atoms with Gasteiger partial charge in [-0.1, -0.05) is 49.6 Å². The third-order valence-corrected chi connectivity index (χ3v) is 2.74. The lowest BCUT2D eigenvalue weighted by Gasteiger charge is -2.11. The number of hydrogen-bond donors (Lipinski definition) is 1. The Morgan fingerprint density at radius 1 is 1.36 bits per heavy atom. The van der Waals surface area contributed by atoms with Crippen molar-refractivity contribution in [3.63, 3.8) is 0 Å². The van der Waals surface area contributed by atoms with Gasteiger partial charge in [-0.15, -0.1) is 0 Å². The Hall–Kier alpha value is -0.530. The van der Waals surface area contributed by atoms with Gasteiger partial charge < -0.3 is 5.73 Å². The summed E-state index contributed by atoms with van der Waals surface area (Å²) < 4.78 is 0. The van der Waals surface area contributed by atoms with Gasteiger partial charge in [-0.2, -0.15) is 0 Å². The Morgan fingerprint density at radius 3 is 2.71 bits per heavy atom. The van der Waals surface area contributed by atoms with Crippen molar-refractivity contribution in [1.29, 1.82) is 0 Å². The van der Waals surface area contributed by atoms with Crippen LogP contribution in [0.3, 0.4) is 0 Å². The zero-order valence-electron chi connectivity index (χ0n) is 8.67. The van der Waals surface area contributed by atoms with Crippen molar-refractivity contribution in [1.82, 2.24) is 0 Å². The van der Waals surface area contributed by atoms with Gasteiger partial charge in [0.1, 0.15) is 0 Å². The SMILES string of the molecule is CCCCC(N)Cc1ccccc1Cl. The highest BCUT2D eigenvalue weighted by Crippen LogP contribution is 2.17. The normalized spacial score (nSPS) is 12.8. The largest absolute Gasteiger partial charge is 0.327 e. The van der Waals surface area contributed by atoms with Crippen molar-refractivity contribution in [2.24, 2.45) is 5.73 Å². The number of benzene rings is 1. The Labute approximate surface area is 91.3 Å². The minimum atomic E-state index is 0.245. The first kappa shape index (κ1) is 11.5. The van der Waals surface area contributed by atoms with Crippen LogP contribution >= 0.6 is 11.6 Å². The Kier molecular flexibility index (Phi) is 4.99. The Balaban J connectivity index is 2.47. The first-order valence-corrected chi connectivity index (χ1v) is 5.60. The van der Waals surface area contributed by atoms with Gasteiger partial charge in [0.2, 0.25) is 0 Å². The summed E-state index contributed by atoms with van der Waals surface area (Å²) in [4.78, 5) is 0. The molecule has 78 valence electrons. The molecule has 0 radical (unpaired) electrons. The molecular weight excluding hydrogens is 194 g/mol. The zero-order chi connectivity index (χ0) is 10.4. The molecule has 0 amide bonds. The predicted molar refractivity (Wildman–Crippen MR) is 62.7 cm³/mol. The topological polar surface area (TPSA) is 26.0 Å². The van der Waals surface area contributed by atoms with Gasteiger partial charge in [0, 0.05) is 11.1 Å². The van der Waals surface area contributed by atoms with E-state index in [-0.39, 0.29) is 6.04 Å². The molecule has 0 saturated heterocycles. The van der Waals surface area contributed by atoms with Gasteiger partial charge in [0.05, 0.1) is 0 Å². The molecule has 0 aromatic heterocycles. The van der Waals surface area contributed by atoms with E-state index in [1.807, 2.05) is 24.3 Å². The van der Waals surface area contributed by atoms with Crippen LogP contribution < -0.4 is 5.73 Å². The number of hydrogen-bond acceptors (Lipinski definition) is 1. The van der Waals surface area contributed by atoms with Crippen LogP contribution in [0.2, 0.25) is 5.02 Å². The minimum absolute atomic E-state index is 0.245. The van der Waals surface area contributed by atoms with Crippen LogP contribution in [0.4, 0.5) is 0 Å². The van der Waals surface area contributed by atoms with E-state index < -0.39 is 0 Å². The molecule has 0 heterocycles. The van der Waals surface area contributed by atoms with Crippen molar-refractivity contribution < 1.29 is 0 Å². The highest BCUT2D eigenvalue weighted by Gasteiger charge is 2.05. The molecule has 14 heavy (non-hydrogen) atoms. The average Bonchev–Trinajstić information content (AvgIpc) is 2.18. The van der Waals surface area contributed by atoms with Crippen LogP contribution in [0.25, 0.3) is 0 Å². The van der Waals surface area contributed by atoms with Crippen LogP contribution in [-0.4, -0.2) is 6.04 Å². The maximum Gasteiger partial charge on any atom is 0.0438 e. The fourth-order valence-corrected chi connectivity index (χ4v) is 1.73. The average molecular weight is 212 g/mol. The van der Waals surface area contributed by atoms with Gasteiger partial charge in [0.25, 0.3) is 0 Å². The lowest BCUT2D eigenvalue weighted by Crippen LogP contribution is -2.22. The van der Waals surface area contributed by atoms with E-state index >= 15 is 0 Å². The Morgan fingerprint density at radius 2 is 2.07 bits per heavy atom. The summed E-state index contributed by atoms with van der Waals surface area (Å²) in [6, 6.07) is 8.17. The molecule has 2 N–H and O–H groups in total. The van der Waals surface area contributed by atoms with Crippen molar-refractivity contribution >= 4 is 11.6 Å². The summed E-state index contributed by atoms with van der Waals surface area (Å²) in [5.74, 6) is 0. The zero-order valence-corrected chi connectivity index (χ0v) is 9.43. The fraction of sp³-hybridized carbons (Fsp3) is 0.500. The third-order valence-electron chi connectivity index (χ3n) is 2.37. The van der Waals surface area contributed by atoms with E-state index in [1.54, 1.807) is 0 Å². The van der Waals surface area contributed by atoms with Crippen LogP contribution in [-0.2, 0) is 6.42 Å². The van der Waals surface area contributed by atoms with Gasteiger partial charge in [0.15, 0.2) is 0 Å². The first-order valence-electron chi connectivity index (χ1n) is 5.23. The summed E-state index contributed by atoms with van der Waals surface area (Å²) in [5.41, 5.74) is 7.17. The second-order valence-electron chi connectivity index (χ2n) is 3.70. The summed E-state index contributed by atoms with van der Waals surface area (Å²) >= 11 is 6.05. The minimum Gasteiger partial charge on any atom is -0.327 e. The molecule has 1 unspecified atom stereocenters. The van der Waals surface area contributed by atoms with Crippen molar-refractivity contribution in [3.05, 3.63) is 34.9 Å². The molecule has 1 aromatic carbocycles. The highest BCUT2D eigenvalue weighted by molar-refractivity contribution is 6.31. The summed E-state index contributed by atoms with van der Waals surface area (Å²) in [7, 11) is 0. The van der Waals surface area contributed by atoms with Crippen LogP contribution in [0.5, 0.6) is 0 Å². The number of halogens is 1. The van der Waals surface area contributed by atoms with E-state index in [2.05, 4.69) is 6.92 Å². The quantitative estimate of drug-likeness (QED) is 0.794. The van der Waals surface area contributed by atoms with E-state index in [4.69, 9.17) is 17.3 Å². The second kappa shape index (κ2) is 6.05. The summed E-state index contributed by atoms with van der Waals surface area (Å²) in [6.07, 6.45) is 4.38. The van der Waals surface area contributed by atoms with E-state index in [9.17, 15) is 0 Å². The summed E-state index contributed by atoms with van der Waals surface area (Å²) in [5, 5.41) is 0.833. The molecule has 1 atom stereocenters. The number of unbranched alkanes of at least 4 members (excludes halogenated alkanes) is 1. The van der Waals surface area contributed by atoms with E-state index in [0.717, 1.165) is 23.4 Å². The van der Waals surface area contributed by atoms with Crippen LogP contribution in [0.1, 0.15) is 31.7 Å². The van der Waals surface area contributed by atoms with Crippen molar-refractivity contribution in [2.45, 2.75) is 38.6 Å². The van der Waals surface area contributed by atoms with Gasteiger partial charge in [-0.3, -0.25) is 0 Å². The van der Waals surface area contributed by atoms with E-state index in [0.29, 0.717) is 0 Å². The molecule has 1 aromatic rings. The number of rotatable bonds is 5. The monoisotopic (exact) mass is 211 g/mol. The molecule has 0 spiro atoms. The molecule has 0 fully saturated rings. The molecule has 1 rings (SSSR count). The molecule has 0 aliphatic rings. The standard InChI is InChI=1S/C12H18ClN/c1-2-3-7-11(14)9-10-6-4-5-8-12(10)13/h4-6,8,11H,2-3,7,9,14H2,1H3. The van der Waals surface area contributed by atoms with Crippen molar-refractivity contribution in [3.8, 4) is 0 Å². The van der Waals surface area contributed by atoms with E-state index in [1.165, 1.54) is 12.8 Å². The lowest BCUT2D eigenvalue weighted by atomic mass is 10.0. The summed E-state index contributed by atoms with van der Waals surface area (Å²) in [6.45, 7) is 2.18. The third kappa shape index (κ3) is 3.69. The Bertz CT molecular complexity index is 273. The van der Waals surface area contributed by atoms with Gasteiger partial charge >= 0.3 is 0 Å². The molecule has 0 saturated carbocycles. The molecule has 2 heteroatoms. The van der Waals surface area contributed by atoms with Crippen LogP contribution in [0.15, 0.2) is 24.3 Å². The number of nitrogens with two attached hydrogens (primary N) is 1. The molecular formula is C12H18ClN. The smallest absolute Gasteiger partial charge is 0.0438 e. The molecule has 0 aliphatic heterocycles. The molecule has 0 bridgehead atoms. The maximum atomic E-state index is 6.05. The predicted octanol–water partition coefficient (Wildman–Crippen LogP) is 3.40. The lowest BCUT2D eigenvalue weighted by molar-refractivity contribution is 0.574. The first-order chi connectivity index (χ1) is 6.74. The second-order valence-corrected chi connectivity index (χ2v) is 4.11.